The van der Waals surface area contributed by atoms with Gasteiger partial charge in [0.1, 0.15) is 5.75 Å². The van der Waals surface area contributed by atoms with Gasteiger partial charge in [0.05, 0.1) is 0 Å². The number of hydrogen-bond acceptors (Lipinski definition) is 3. The van der Waals surface area contributed by atoms with Gasteiger partial charge in [-0.2, -0.15) is 0 Å². The van der Waals surface area contributed by atoms with Gasteiger partial charge in [0.2, 0.25) is 0 Å². The van der Waals surface area contributed by atoms with E-state index in [0.29, 0.717) is 18.2 Å². The summed E-state index contributed by atoms with van der Waals surface area (Å²) in [6, 6.07) is 6.73. The van der Waals surface area contributed by atoms with Gasteiger partial charge in [-0.15, -0.1) is 13.2 Å². The van der Waals surface area contributed by atoms with Crippen LogP contribution in [0.15, 0.2) is 24.3 Å². The summed E-state index contributed by atoms with van der Waals surface area (Å²) in [5, 5.41) is 3.34. The molecule has 1 N–H and O–H groups in total. The van der Waals surface area contributed by atoms with Gasteiger partial charge in [-0.05, 0) is 32.0 Å². The van der Waals surface area contributed by atoms with Crippen LogP contribution in [-0.4, -0.2) is 36.9 Å². The third-order valence-corrected chi connectivity index (χ3v) is 3.77. The Bertz CT molecular complexity index is 445. The molecule has 1 saturated heterocycles. The normalized spacial score (nSPS) is 19.8. The first kappa shape index (κ1) is 16.1. The number of nitrogens with one attached hydrogen (secondary N) is 1. The maximum absolute atomic E-state index is 12.4. The SMILES string of the molecule is CCN(Cc1ccccc1OC(F)(F)F)C1CCCNC1. The highest BCUT2D eigenvalue weighted by atomic mass is 19.4. The van der Waals surface area contributed by atoms with Gasteiger partial charge in [-0.25, -0.2) is 0 Å². The number of benzene rings is 1. The molecule has 1 heterocycles. The Kier molecular flexibility index (Phi) is 5.47. The average Bonchev–Trinajstić information content (AvgIpc) is 2.45. The number of hydrogen-bond donors (Lipinski definition) is 1. The highest BCUT2D eigenvalue weighted by Gasteiger charge is 2.32. The maximum Gasteiger partial charge on any atom is 0.573 e. The third kappa shape index (κ3) is 4.89. The molecular weight excluding hydrogens is 281 g/mol. The van der Waals surface area contributed by atoms with Crippen molar-refractivity contribution in [3.05, 3.63) is 29.8 Å². The zero-order chi connectivity index (χ0) is 15.3. The lowest BCUT2D eigenvalue weighted by Gasteiger charge is -2.34. The van der Waals surface area contributed by atoms with Gasteiger partial charge in [0.25, 0.3) is 0 Å². The van der Waals surface area contributed by atoms with Crippen LogP contribution in [-0.2, 0) is 6.54 Å². The zero-order valence-electron chi connectivity index (χ0n) is 12.1. The van der Waals surface area contributed by atoms with Gasteiger partial charge in [-0.1, -0.05) is 25.1 Å². The van der Waals surface area contributed by atoms with Gasteiger partial charge in [0, 0.05) is 24.7 Å². The highest BCUT2D eigenvalue weighted by Crippen LogP contribution is 2.28. The van der Waals surface area contributed by atoms with Crippen LogP contribution in [0, 0.1) is 0 Å². The van der Waals surface area contributed by atoms with Crippen LogP contribution in [0.3, 0.4) is 0 Å². The third-order valence-electron chi connectivity index (χ3n) is 3.77. The molecule has 2 rings (SSSR count). The van der Waals surface area contributed by atoms with E-state index in [1.54, 1.807) is 18.2 Å². The van der Waals surface area contributed by atoms with E-state index < -0.39 is 6.36 Å². The Morgan fingerprint density at radius 3 is 2.71 bits per heavy atom. The van der Waals surface area contributed by atoms with E-state index in [-0.39, 0.29) is 5.75 Å². The quantitative estimate of drug-likeness (QED) is 0.904. The number of likely N-dealkylation sites (N-methyl/N-ethyl adjacent to an activating group) is 1. The topological polar surface area (TPSA) is 24.5 Å². The minimum Gasteiger partial charge on any atom is -0.405 e. The first-order chi connectivity index (χ1) is 9.99. The van der Waals surface area contributed by atoms with Crippen molar-refractivity contribution >= 4 is 0 Å². The summed E-state index contributed by atoms with van der Waals surface area (Å²) in [7, 11) is 0. The number of rotatable bonds is 5. The second kappa shape index (κ2) is 7.13. The summed E-state index contributed by atoms with van der Waals surface area (Å²) in [5.74, 6) is -0.104. The minimum atomic E-state index is -4.65. The highest BCUT2D eigenvalue weighted by molar-refractivity contribution is 5.33. The van der Waals surface area contributed by atoms with Gasteiger partial charge in [0.15, 0.2) is 0 Å². The lowest BCUT2D eigenvalue weighted by Crippen LogP contribution is -2.45. The number of piperidine rings is 1. The van der Waals surface area contributed by atoms with E-state index in [9.17, 15) is 13.2 Å². The Hall–Kier alpha value is -1.27. The lowest BCUT2D eigenvalue weighted by molar-refractivity contribution is -0.275. The van der Waals surface area contributed by atoms with Gasteiger partial charge < -0.3 is 10.1 Å². The fraction of sp³-hybridized carbons (Fsp3) is 0.600. The molecule has 1 fully saturated rings. The smallest absolute Gasteiger partial charge is 0.405 e. The summed E-state index contributed by atoms with van der Waals surface area (Å²) in [6.45, 7) is 5.20. The standard InChI is InChI=1S/C15H21F3N2O/c1-2-20(13-7-5-9-19-10-13)11-12-6-3-4-8-14(12)21-15(16,17)18/h3-4,6,8,13,19H,2,5,7,9-11H2,1H3. The molecule has 0 radical (unpaired) electrons. The molecule has 6 heteroatoms. The molecule has 118 valence electrons. The van der Waals surface area contributed by atoms with E-state index in [2.05, 4.69) is 15.0 Å². The zero-order valence-corrected chi connectivity index (χ0v) is 12.1. The van der Waals surface area contributed by atoms with Gasteiger partial charge in [-0.3, -0.25) is 4.90 Å². The molecule has 1 aliphatic rings. The molecule has 1 unspecified atom stereocenters. The van der Waals surface area contributed by atoms with E-state index in [0.717, 1.165) is 32.5 Å². The summed E-state index contributed by atoms with van der Waals surface area (Å²) in [4.78, 5) is 2.20. The molecule has 0 aliphatic carbocycles. The summed E-state index contributed by atoms with van der Waals surface area (Å²) in [5.41, 5.74) is 0.572. The molecule has 3 nitrogen and oxygen atoms in total. The van der Waals surface area contributed by atoms with Crippen LogP contribution in [0.4, 0.5) is 13.2 Å². The molecule has 1 aliphatic heterocycles. The molecule has 0 spiro atoms. The maximum atomic E-state index is 12.4. The first-order valence-electron chi connectivity index (χ1n) is 7.28. The first-order valence-corrected chi connectivity index (χ1v) is 7.28. The lowest BCUT2D eigenvalue weighted by atomic mass is 10.0. The molecule has 0 saturated carbocycles. The number of nitrogens with zero attached hydrogens (tertiary/aromatic N) is 1. The summed E-state index contributed by atoms with van der Waals surface area (Å²) >= 11 is 0. The fourth-order valence-electron chi connectivity index (χ4n) is 2.72. The average molecular weight is 302 g/mol. The van der Waals surface area contributed by atoms with Crippen LogP contribution in [0.25, 0.3) is 0 Å². The van der Waals surface area contributed by atoms with Crippen molar-refractivity contribution in [3.8, 4) is 5.75 Å². The summed E-state index contributed by atoms with van der Waals surface area (Å²) < 4.78 is 41.5. The Labute approximate surface area is 123 Å². The van der Waals surface area contributed by atoms with Crippen LogP contribution >= 0.6 is 0 Å². The molecule has 1 atom stereocenters. The number of halogens is 3. The number of alkyl halides is 3. The van der Waals surface area contributed by atoms with Crippen molar-refractivity contribution in [2.75, 3.05) is 19.6 Å². The fourth-order valence-corrected chi connectivity index (χ4v) is 2.72. The predicted octanol–water partition coefficient (Wildman–Crippen LogP) is 3.16. The predicted molar refractivity (Wildman–Crippen MR) is 75.1 cm³/mol. The molecule has 1 aromatic carbocycles. The van der Waals surface area contributed by atoms with Crippen LogP contribution in [0.5, 0.6) is 5.75 Å². The van der Waals surface area contributed by atoms with E-state index >= 15 is 0 Å². The van der Waals surface area contributed by atoms with Crippen molar-refractivity contribution in [1.82, 2.24) is 10.2 Å². The minimum absolute atomic E-state index is 0.104. The number of ether oxygens (including phenoxy) is 1. The van der Waals surface area contributed by atoms with Gasteiger partial charge >= 0.3 is 6.36 Å². The molecular formula is C15H21F3N2O. The molecule has 0 aromatic heterocycles. The second-order valence-electron chi connectivity index (χ2n) is 5.22. The van der Waals surface area contributed by atoms with E-state index in [4.69, 9.17) is 0 Å². The van der Waals surface area contributed by atoms with E-state index in [1.165, 1.54) is 6.07 Å². The molecule has 21 heavy (non-hydrogen) atoms. The van der Waals surface area contributed by atoms with Crippen molar-refractivity contribution < 1.29 is 17.9 Å². The van der Waals surface area contributed by atoms with Crippen molar-refractivity contribution in [2.45, 2.75) is 38.7 Å². The van der Waals surface area contributed by atoms with Crippen LogP contribution in [0.1, 0.15) is 25.3 Å². The second-order valence-corrected chi connectivity index (χ2v) is 5.22. The summed E-state index contributed by atoms with van der Waals surface area (Å²) in [6.07, 6.45) is -2.48. The Morgan fingerprint density at radius 1 is 1.33 bits per heavy atom. The van der Waals surface area contributed by atoms with Crippen LogP contribution < -0.4 is 10.1 Å². The van der Waals surface area contributed by atoms with E-state index in [1.807, 2.05) is 6.92 Å². The van der Waals surface area contributed by atoms with Crippen molar-refractivity contribution in [2.24, 2.45) is 0 Å². The Balaban J connectivity index is 2.09. The Morgan fingerprint density at radius 2 is 2.10 bits per heavy atom. The molecule has 0 amide bonds. The van der Waals surface area contributed by atoms with Crippen molar-refractivity contribution in [1.29, 1.82) is 0 Å². The monoisotopic (exact) mass is 302 g/mol. The van der Waals surface area contributed by atoms with Crippen LogP contribution in [0.2, 0.25) is 0 Å². The largest absolute Gasteiger partial charge is 0.573 e. The molecule has 1 aromatic rings. The van der Waals surface area contributed by atoms with Crippen molar-refractivity contribution in [3.63, 3.8) is 0 Å². The molecule has 0 bridgehead atoms. The number of para-hydroxylation sites is 1.